The number of aromatic nitrogens is 6. The van der Waals surface area contributed by atoms with Crippen LogP contribution in [0.15, 0.2) is 71.0 Å². The highest BCUT2D eigenvalue weighted by molar-refractivity contribution is 8.01. The van der Waals surface area contributed by atoms with Gasteiger partial charge < -0.3 is 9.47 Å². The molecule has 37 heavy (non-hydrogen) atoms. The number of ketones is 1. The normalized spacial score (nSPS) is 19.1. The molecule has 1 fully saturated rings. The number of thioether (sulfide) groups is 2. The Morgan fingerprint density at radius 1 is 0.946 bits per heavy atom. The molecule has 0 bridgehead atoms. The number of carbonyl (C=O) groups is 3. The predicted octanol–water partition coefficient (Wildman–Crippen LogP) is 2.94. The molecule has 1 aliphatic heterocycles. The first-order valence-corrected chi connectivity index (χ1v) is 13.1. The van der Waals surface area contributed by atoms with Gasteiger partial charge in [-0.25, -0.2) is 19.6 Å². The average molecular weight is 537 g/mol. The summed E-state index contributed by atoms with van der Waals surface area (Å²) in [5.41, 5.74) is -0.296. The van der Waals surface area contributed by atoms with Gasteiger partial charge in [0.1, 0.15) is 5.25 Å². The number of hydrogen-bond donors (Lipinski definition) is 2. The molecular weight excluding hydrogens is 516 g/mol. The molecule has 0 amide bonds. The lowest BCUT2D eigenvalue weighted by atomic mass is 10.0. The van der Waals surface area contributed by atoms with E-state index in [1.165, 1.54) is 0 Å². The number of aromatic amines is 2. The van der Waals surface area contributed by atoms with E-state index in [-0.39, 0.29) is 17.5 Å². The summed E-state index contributed by atoms with van der Waals surface area (Å²) in [6.45, 7) is 1.66. The highest BCUT2D eigenvalue weighted by Crippen LogP contribution is 2.41. The minimum atomic E-state index is -1.92. The van der Waals surface area contributed by atoms with Gasteiger partial charge in [0.25, 0.3) is 5.78 Å². The Bertz CT molecular complexity index is 1430. The van der Waals surface area contributed by atoms with Crippen LogP contribution in [0, 0.1) is 0 Å². The van der Waals surface area contributed by atoms with E-state index >= 15 is 0 Å². The molecule has 2 N–H and O–H groups in total. The van der Waals surface area contributed by atoms with Crippen LogP contribution in [-0.2, 0) is 23.9 Å². The summed E-state index contributed by atoms with van der Waals surface area (Å²) in [7, 11) is 0. The summed E-state index contributed by atoms with van der Waals surface area (Å²) in [5, 5.41) is 13.2. The van der Waals surface area contributed by atoms with Gasteiger partial charge in [0, 0.05) is 11.1 Å². The minimum Gasteiger partial charge on any atom is -0.463 e. The van der Waals surface area contributed by atoms with Crippen LogP contribution >= 0.6 is 23.5 Å². The number of carbonyl (C=O) groups excluding carboxylic acids is 3. The van der Waals surface area contributed by atoms with E-state index < -0.39 is 28.6 Å². The molecule has 0 aliphatic carbocycles. The maximum atomic E-state index is 13.2. The topological polar surface area (TPSA) is 153 Å². The van der Waals surface area contributed by atoms with Crippen molar-refractivity contribution < 1.29 is 23.9 Å². The molecule has 2 aromatic heterocycles. The quantitative estimate of drug-likeness (QED) is 0.184. The highest BCUT2D eigenvalue weighted by atomic mass is 32.2. The van der Waals surface area contributed by atoms with E-state index in [0.717, 1.165) is 34.7 Å². The summed E-state index contributed by atoms with van der Waals surface area (Å²) in [6, 6.07) is 18.7. The van der Waals surface area contributed by atoms with Gasteiger partial charge >= 0.3 is 11.9 Å². The van der Waals surface area contributed by atoms with Crippen LogP contribution in [0.5, 0.6) is 0 Å². The summed E-state index contributed by atoms with van der Waals surface area (Å²) in [4.78, 5) is 47.4. The van der Waals surface area contributed by atoms with E-state index in [1.54, 1.807) is 6.92 Å². The van der Waals surface area contributed by atoms with Crippen LogP contribution in [-0.4, -0.2) is 71.3 Å². The van der Waals surface area contributed by atoms with Crippen molar-refractivity contribution in [1.82, 2.24) is 30.4 Å². The second-order valence-electron chi connectivity index (χ2n) is 7.82. The van der Waals surface area contributed by atoms with Gasteiger partial charge in [-0.15, -0.1) is 10.2 Å². The molecule has 0 saturated carbocycles. The average Bonchev–Trinajstić information content (AvgIpc) is 3.65. The molecule has 11 nitrogen and oxygen atoms in total. The number of ether oxygens (including phenoxy) is 2. The van der Waals surface area contributed by atoms with Gasteiger partial charge in [-0.1, -0.05) is 84.2 Å². The zero-order valence-electron chi connectivity index (χ0n) is 19.4. The van der Waals surface area contributed by atoms with Crippen molar-refractivity contribution in [2.24, 2.45) is 0 Å². The van der Waals surface area contributed by atoms with Crippen LogP contribution in [0.3, 0.4) is 0 Å². The maximum absolute atomic E-state index is 13.2. The van der Waals surface area contributed by atoms with E-state index in [1.807, 2.05) is 60.7 Å². The molecule has 2 atom stereocenters. The summed E-state index contributed by atoms with van der Waals surface area (Å²) in [6.07, 6.45) is 0. The first-order chi connectivity index (χ1) is 18.0. The number of benzene rings is 2. The number of hydrogen-bond acceptors (Lipinski definition) is 11. The largest absolute Gasteiger partial charge is 0.463 e. The second kappa shape index (κ2) is 10.6. The van der Waals surface area contributed by atoms with Crippen LogP contribution in [0.4, 0.5) is 0 Å². The summed E-state index contributed by atoms with van der Waals surface area (Å²) < 4.78 is 10.7. The van der Waals surface area contributed by atoms with Crippen molar-refractivity contribution in [3.8, 4) is 22.8 Å². The first-order valence-electron chi connectivity index (χ1n) is 11.2. The maximum Gasteiger partial charge on any atom is 0.377 e. The first kappa shape index (κ1) is 24.7. The number of nitrogens with zero attached hydrogens (tertiary/aromatic N) is 4. The minimum absolute atomic E-state index is 0.0337. The van der Waals surface area contributed by atoms with Crippen LogP contribution in [0.1, 0.15) is 6.92 Å². The molecule has 2 aromatic carbocycles. The van der Waals surface area contributed by atoms with Crippen molar-refractivity contribution in [1.29, 1.82) is 0 Å². The van der Waals surface area contributed by atoms with Crippen LogP contribution < -0.4 is 0 Å². The number of cyclic esters (lactones) is 1. The van der Waals surface area contributed by atoms with Crippen molar-refractivity contribution in [2.45, 2.75) is 28.1 Å². The van der Waals surface area contributed by atoms with Gasteiger partial charge in [0.15, 0.2) is 11.6 Å². The lowest BCUT2D eigenvalue weighted by Gasteiger charge is -2.28. The molecule has 0 radical (unpaired) electrons. The zero-order valence-corrected chi connectivity index (χ0v) is 21.0. The third-order valence-electron chi connectivity index (χ3n) is 5.42. The number of esters is 2. The van der Waals surface area contributed by atoms with E-state index in [4.69, 9.17) is 9.47 Å². The third-order valence-corrected chi connectivity index (χ3v) is 7.66. The lowest BCUT2D eigenvalue weighted by Crippen LogP contribution is -2.51. The standard InChI is InChI=1S/C24H20N6O5S2/c1-2-34-21(33)24(13-36-22-25-18(27-29-22)14-9-5-3-6-10-14)17(16(31)20(32)35-24)37-23-26-19(28-30-23)15-11-7-4-8-12-15/h3-12,17H,2,13H2,1H3,(H,25,27,29)(H,26,28,30). The molecule has 3 heterocycles. The Balaban J connectivity index is 1.41. The number of nitrogens with one attached hydrogen (secondary N) is 2. The fourth-order valence-electron chi connectivity index (χ4n) is 3.64. The zero-order chi connectivity index (χ0) is 25.8. The lowest BCUT2D eigenvalue weighted by molar-refractivity contribution is -0.171. The highest BCUT2D eigenvalue weighted by Gasteiger charge is 2.62. The SMILES string of the molecule is CCOC(=O)C1(CSc2n[nH]c(-c3ccccc3)n2)OC(=O)C(=O)C1Sc1n[nH]c(-c2ccccc2)n1. The molecular formula is C24H20N6O5S2. The van der Waals surface area contributed by atoms with Gasteiger partial charge in [-0.3, -0.25) is 15.0 Å². The van der Waals surface area contributed by atoms with Crippen molar-refractivity contribution in [3.05, 3.63) is 60.7 Å². The second-order valence-corrected chi connectivity index (χ2v) is 9.83. The van der Waals surface area contributed by atoms with E-state index in [2.05, 4.69) is 30.4 Å². The Labute approximate surface area is 219 Å². The summed E-state index contributed by atoms with van der Waals surface area (Å²) in [5.74, 6) is -1.96. The van der Waals surface area contributed by atoms with E-state index in [9.17, 15) is 14.4 Å². The van der Waals surface area contributed by atoms with Crippen molar-refractivity contribution in [2.75, 3.05) is 12.4 Å². The Hall–Kier alpha value is -3.97. The molecule has 0 spiro atoms. The van der Waals surface area contributed by atoms with E-state index in [0.29, 0.717) is 16.8 Å². The molecule has 4 aromatic rings. The smallest absolute Gasteiger partial charge is 0.377 e. The molecule has 5 rings (SSSR count). The molecule has 1 aliphatic rings. The third kappa shape index (κ3) is 5.00. The van der Waals surface area contributed by atoms with Crippen LogP contribution in [0.2, 0.25) is 0 Å². The van der Waals surface area contributed by atoms with Gasteiger partial charge in [0.2, 0.25) is 15.9 Å². The van der Waals surface area contributed by atoms with Gasteiger partial charge in [-0.2, -0.15) is 0 Å². The molecule has 1 saturated heterocycles. The summed E-state index contributed by atoms with van der Waals surface area (Å²) >= 11 is 1.93. The Morgan fingerprint density at radius 2 is 1.51 bits per heavy atom. The Morgan fingerprint density at radius 3 is 2.11 bits per heavy atom. The monoisotopic (exact) mass is 536 g/mol. The van der Waals surface area contributed by atoms with Crippen LogP contribution in [0.25, 0.3) is 22.8 Å². The molecule has 188 valence electrons. The van der Waals surface area contributed by atoms with Crippen molar-refractivity contribution >= 4 is 41.2 Å². The fraction of sp³-hybridized carbons (Fsp3) is 0.208. The molecule has 13 heteroatoms. The van der Waals surface area contributed by atoms with Gasteiger partial charge in [0.05, 0.1) is 12.4 Å². The number of H-pyrrole nitrogens is 2. The fourth-order valence-corrected chi connectivity index (χ4v) is 5.77. The van der Waals surface area contributed by atoms with Crippen molar-refractivity contribution in [3.63, 3.8) is 0 Å². The predicted molar refractivity (Wildman–Crippen MR) is 134 cm³/mol. The molecule has 2 unspecified atom stereocenters. The number of Topliss-reactive ketones (excluding diaryl/α,β-unsaturated/α-hetero) is 1. The number of rotatable bonds is 9. The Kier molecular flexibility index (Phi) is 7.06. The van der Waals surface area contributed by atoms with Gasteiger partial charge in [-0.05, 0) is 6.92 Å².